The Balaban J connectivity index is 1.03. The summed E-state index contributed by atoms with van der Waals surface area (Å²) in [5.74, 6) is -2.21. The lowest BCUT2D eigenvalue weighted by Crippen LogP contribution is -2.43. The van der Waals surface area contributed by atoms with Crippen LogP contribution in [-0.4, -0.2) is 66.1 Å². The van der Waals surface area contributed by atoms with E-state index in [1.807, 2.05) is 0 Å². The summed E-state index contributed by atoms with van der Waals surface area (Å²) in [7, 11) is 2.18. The molecule has 1 aliphatic carbocycles. The van der Waals surface area contributed by atoms with E-state index >= 15 is 0 Å². The highest BCUT2D eigenvalue weighted by atomic mass is 19.2. The molecule has 1 aromatic heterocycles. The van der Waals surface area contributed by atoms with Crippen LogP contribution in [-0.2, 0) is 17.9 Å². The number of rotatable bonds is 9. The number of benzene rings is 3. The summed E-state index contributed by atoms with van der Waals surface area (Å²) >= 11 is 0. The highest BCUT2D eigenvalue weighted by Gasteiger charge is 2.30. The molecule has 2 aliphatic rings. The lowest BCUT2D eigenvalue weighted by molar-refractivity contribution is 0.0272. The Labute approximate surface area is 263 Å². The quantitative estimate of drug-likeness (QED) is 0.246. The van der Waals surface area contributed by atoms with Gasteiger partial charge in [-0.1, -0.05) is 54.6 Å². The number of nitrogen functional groups attached to an aromatic ring is 1. The van der Waals surface area contributed by atoms with Crippen LogP contribution in [0.5, 0.6) is 0 Å². The third-order valence-electron chi connectivity index (χ3n) is 8.89. The number of hydrogen-bond donors (Lipinski definition) is 2. The number of likely N-dealkylation sites (N-methyl/N-ethyl adjacent to an activating group) is 1. The second-order valence-electron chi connectivity index (χ2n) is 12.1. The number of carbonyl (C=O) groups is 1. The van der Waals surface area contributed by atoms with Gasteiger partial charge >= 0.3 is 0 Å². The molecule has 0 radical (unpaired) electrons. The molecule has 7 nitrogen and oxygen atoms in total. The van der Waals surface area contributed by atoms with Gasteiger partial charge in [-0.05, 0) is 72.3 Å². The van der Waals surface area contributed by atoms with Crippen molar-refractivity contribution in [1.29, 1.82) is 0 Å². The SMILES string of the molecule is CN1CCN(Cc2ccc(-c3ccc(CO[C@H]4CCC[C@@H]4NC(=O)c4cc(-c5ccc(F)c(F)c5)cnc4N)cc3)cc2)CC1. The maximum Gasteiger partial charge on any atom is 0.255 e. The first-order valence-corrected chi connectivity index (χ1v) is 15.5. The lowest BCUT2D eigenvalue weighted by Gasteiger charge is -2.32. The molecule has 2 heterocycles. The first-order valence-electron chi connectivity index (χ1n) is 15.5. The van der Waals surface area contributed by atoms with E-state index in [2.05, 4.69) is 75.7 Å². The van der Waals surface area contributed by atoms with Gasteiger partial charge in [0.05, 0.1) is 24.3 Å². The average Bonchev–Trinajstić information content (AvgIpc) is 3.50. The fraction of sp³-hybridized carbons (Fsp3) is 0.333. The Morgan fingerprint density at radius 3 is 2.22 bits per heavy atom. The number of amides is 1. The molecule has 0 spiro atoms. The highest BCUT2D eigenvalue weighted by Crippen LogP contribution is 2.27. The summed E-state index contributed by atoms with van der Waals surface area (Å²) in [6.45, 7) is 5.89. The summed E-state index contributed by atoms with van der Waals surface area (Å²) in [6.07, 6.45) is 3.87. The summed E-state index contributed by atoms with van der Waals surface area (Å²) in [5.41, 5.74) is 11.8. The van der Waals surface area contributed by atoms with Gasteiger partial charge in [0.25, 0.3) is 5.91 Å². The van der Waals surface area contributed by atoms with E-state index in [1.165, 1.54) is 23.4 Å². The van der Waals surface area contributed by atoms with E-state index in [9.17, 15) is 13.6 Å². The molecule has 1 aliphatic heterocycles. The molecule has 3 aromatic carbocycles. The average molecular weight is 612 g/mol. The van der Waals surface area contributed by atoms with Gasteiger partial charge in [-0.2, -0.15) is 0 Å². The predicted molar refractivity (Wildman–Crippen MR) is 172 cm³/mol. The van der Waals surface area contributed by atoms with Crippen molar-refractivity contribution in [2.75, 3.05) is 39.0 Å². The third-order valence-corrected chi connectivity index (χ3v) is 8.89. The molecule has 0 unspecified atom stereocenters. The van der Waals surface area contributed by atoms with Gasteiger partial charge in [-0.3, -0.25) is 9.69 Å². The molecule has 6 rings (SSSR count). The first kappa shape index (κ1) is 30.8. The van der Waals surface area contributed by atoms with Gasteiger partial charge in [-0.15, -0.1) is 0 Å². The largest absolute Gasteiger partial charge is 0.383 e. The van der Waals surface area contributed by atoms with Crippen molar-refractivity contribution >= 4 is 11.7 Å². The fourth-order valence-corrected chi connectivity index (χ4v) is 6.09. The second kappa shape index (κ2) is 13.9. The minimum Gasteiger partial charge on any atom is -0.383 e. The summed E-state index contributed by atoms with van der Waals surface area (Å²) in [5, 5.41) is 3.06. The van der Waals surface area contributed by atoms with Crippen molar-refractivity contribution in [3.8, 4) is 22.3 Å². The predicted octanol–water partition coefficient (Wildman–Crippen LogP) is 5.89. The number of aromatic nitrogens is 1. The van der Waals surface area contributed by atoms with Gasteiger partial charge < -0.3 is 20.7 Å². The lowest BCUT2D eigenvalue weighted by atomic mass is 10.0. The van der Waals surface area contributed by atoms with Crippen LogP contribution >= 0.6 is 0 Å². The van der Waals surface area contributed by atoms with Crippen LogP contribution in [0.3, 0.4) is 0 Å². The Morgan fingerprint density at radius 2 is 1.53 bits per heavy atom. The zero-order valence-electron chi connectivity index (χ0n) is 25.5. The Morgan fingerprint density at radius 1 is 0.867 bits per heavy atom. The van der Waals surface area contributed by atoms with Gasteiger partial charge in [0.15, 0.2) is 11.6 Å². The molecule has 4 aromatic rings. The zero-order valence-corrected chi connectivity index (χ0v) is 25.5. The van der Waals surface area contributed by atoms with Gasteiger partial charge in [-0.25, -0.2) is 13.8 Å². The second-order valence-corrected chi connectivity index (χ2v) is 12.1. The maximum absolute atomic E-state index is 13.8. The van der Waals surface area contributed by atoms with Gasteiger partial charge in [0.2, 0.25) is 0 Å². The van der Waals surface area contributed by atoms with Crippen LogP contribution in [0.1, 0.15) is 40.7 Å². The first-order chi connectivity index (χ1) is 21.8. The van der Waals surface area contributed by atoms with Crippen molar-refractivity contribution in [1.82, 2.24) is 20.1 Å². The molecule has 0 bridgehead atoms. The summed E-state index contributed by atoms with van der Waals surface area (Å²) in [6, 6.07) is 22.2. The molecular formula is C36H39F2N5O2. The number of anilines is 1. The van der Waals surface area contributed by atoms with Crippen molar-refractivity contribution < 1.29 is 18.3 Å². The van der Waals surface area contributed by atoms with E-state index in [-0.39, 0.29) is 29.4 Å². The van der Waals surface area contributed by atoms with E-state index in [0.29, 0.717) is 17.7 Å². The fourth-order valence-electron chi connectivity index (χ4n) is 6.09. The topological polar surface area (TPSA) is 83.7 Å². The minimum atomic E-state index is -0.971. The van der Waals surface area contributed by atoms with Crippen molar-refractivity contribution in [2.24, 2.45) is 0 Å². The van der Waals surface area contributed by atoms with Crippen molar-refractivity contribution in [3.63, 3.8) is 0 Å². The number of nitrogens with zero attached hydrogens (tertiary/aromatic N) is 3. The van der Waals surface area contributed by atoms with Crippen molar-refractivity contribution in [2.45, 2.75) is 44.6 Å². The molecule has 3 N–H and O–H groups in total. The summed E-state index contributed by atoms with van der Waals surface area (Å²) in [4.78, 5) is 22.2. The van der Waals surface area contributed by atoms with E-state index in [1.54, 1.807) is 6.07 Å². The molecule has 2 atom stereocenters. The number of nitrogens with one attached hydrogen (secondary N) is 1. The number of hydrogen-bond acceptors (Lipinski definition) is 6. The zero-order chi connectivity index (χ0) is 31.3. The van der Waals surface area contributed by atoms with Crippen LogP contribution in [0.4, 0.5) is 14.6 Å². The number of piperazine rings is 1. The maximum atomic E-state index is 13.8. The molecule has 2 fully saturated rings. The normalized spacial score (nSPS) is 19.1. The van der Waals surface area contributed by atoms with E-state index in [0.717, 1.165) is 75.2 Å². The highest BCUT2D eigenvalue weighted by molar-refractivity contribution is 5.99. The smallest absolute Gasteiger partial charge is 0.255 e. The number of pyridine rings is 1. The molecule has 1 saturated heterocycles. The van der Waals surface area contributed by atoms with Gasteiger partial charge in [0, 0.05) is 44.5 Å². The van der Waals surface area contributed by atoms with Gasteiger partial charge in [0.1, 0.15) is 5.82 Å². The van der Waals surface area contributed by atoms with Crippen LogP contribution in [0, 0.1) is 11.6 Å². The van der Waals surface area contributed by atoms with Crippen LogP contribution < -0.4 is 11.1 Å². The number of nitrogens with two attached hydrogens (primary N) is 1. The molecule has 234 valence electrons. The summed E-state index contributed by atoms with van der Waals surface area (Å²) < 4.78 is 33.5. The Kier molecular flexibility index (Phi) is 9.49. The van der Waals surface area contributed by atoms with Crippen LogP contribution in [0.2, 0.25) is 0 Å². The molecule has 1 amide bonds. The molecule has 1 saturated carbocycles. The molecule has 9 heteroatoms. The minimum absolute atomic E-state index is 0.0686. The number of halogens is 2. The molecular weight excluding hydrogens is 572 g/mol. The Bertz CT molecular complexity index is 1620. The monoisotopic (exact) mass is 611 g/mol. The van der Waals surface area contributed by atoms with E-state index in [4.69, 9.17) is 10.5 Å². The van der Waals surface area contributed by atoms with Crippen molar-refractivity contribution in [3.05, 3.63) is 107 Å². The Hall–Kier alpha value is -4.18. The number of carbonyl (C=O) groups excluding carboxylic acids is 1. The standard InChI is InChI=1S/C36H39F2N5O2/c1-42-15-17-43(18-16-42)22-24-5-9-26(10-6-24)27-11-7-25(8-12-27)23-45-34-4-2-3-33(34)41-36(44)30-19-29(21-40-35(30)39)28-13-14-31(37)32(38)20-28/h5-14,19-21,33-34H,2-4,15-18,22-23H2,1H3,(H2,39,40)(H,41,44)/t33-,34-/m0/s1. The van der Waals surface area contributed by atoms with E-state index < -0.39 is 11.6 Å². The molecule has 45 heavy (non-hydrogen) atoms. The van der Waals surface area contributed by atoms with Crippen LogP contribution in [0.15, 0.2) is 79.0 Å². The third kappa shape index (κ3) is 7.56. The van der Waals surface area contributed by atoms with Crippen LogP contribution in [0.25, 0.3) is 22.3 Å². The number of ether oxygens (including phenoxy) is 1.